The Morgan fingerprint density at radius 3 is 2.00 bits per heavy atom. The van der Waals surface area contributed by atoms with Gasteiger partial charge in [-0.2, -0.15) is 10.5 Å². The number of hydrogen-bond acceptors (Lipinski definition) is 3. The zero-order valence-corrected chi connectivity index (χ0v) is 8.46. The van der Waals surface area contributed by atoms with Crippen molar-refractivity contribution in [3.8, 4) is 12.1 Å². The fourth-order valence-corrected chi connectivity index (χ4v) is 0.231. The molecule has 0 bridgehead atoms. The van der Waals surface area contributed by atoms with Crippen LogP contribution in [0, 0.1) is 22.7 Å². The predicted molar refractivity (Wildman–Crippen MR) is 51.2 cm³/mol. The highest BCUT2D eigenvalue weighted by molar-refractivity contribution is 5.49. The van der Waals surface area contributed by atoms with Crippen LogP contribution in [0.25, 0.3) is 0 Å². The van der Waals surface area contributed by atoms with E-state index in [1.54, 1.807) is 19.1 Å². The fourth-order valence-electron chi connectivity index (χ4n) is 0.231. The second kappa shape index (κ2) is 22.5. The van der Waals surface area contributed by atoms with Gasteiger partial charge in [-0.05, 0) is 6.92 Å². The average molecular weight is 181 g/mol. The lowest BCUT2D eigenvalue weighted by Crippen LogP contribution is -2.05. The lowest BCUT2D eigenvalue weighted by Gasteiger charge is -1.88. The van der Waals surface area contributed by atoms with Gasteiger partial charge in [0.1, 0.15) is 0 Å². The minimum Gasteiger partial charge on any atom is -0.332 e. The Kier molecular flexibility index (Phi) is 29.9. The van der Waals surface area contributed by atoms with E-state index >= 15 is 0 Å². The molecule has 0 saturated carbocycles. The van der Waals surface area contributed by atoms with Crippen molar-refractivity contribution < 1.29 is 4.79 Å². The molecule has 13 heavy (non-hydrogen) atoms. The van der Waals surface area contributed by atoms with Crippen LogP contribution in [0.15, 0.2) is 11.8 Å². The molecule has 0 aromatic rings. The molecule has 1 N–H and O–H groups in total. The molecule has 0 aliphatic carbocycles. The van der Waals surface area contributed by atoms with Crippen LogP contribution in [-0.2, 0) is 4.79 Å². The van der Waals surface area contributed by atoms with Gasteiger partial charge in [0.05, 0.1) is 12.1 Å². The van der Waals surface area contributed by atoms with E-state index in [-0.39, 0.29) is 0 Å². The van der Waals surface area contributed by atoms with Crippen molar-refractivity contribution in [3.05, 3.63) is 11.8 Å². The van der Waals surface area contributed by atoms with Crippen molar-refractivity contribution >= 4 is 6.41 Å². The lowest BCUT2D eigenvalue weighted by molar-refractivity contribution is -0.108. The maximum absolute atomic E-state index is 9.63. The Balaban J connectivity index is -0.000000169. The monoisotopic (exact) mass is 181 g/mol. The number of amides is 1. The van der Waals surface area contributed by atoms with E-state index in [2.05, 4.69) is 5.32 Å². The van der Waals surface area contributed by atoms with Crippen LogP contribution in [0.5, 0.6) is 0 Å². The van der Waals surface area contributed by atoms with Gasteiger partial charge in [-0.15, -0.1) is 0 Å². The summed E-state index contributed by atoms with van der Waals surface area (Å²) in [6, 6.07) is 3.52. The maximum Gasteiger partial charge on any atom is 0.211 e. The third kappa shape index (κ3) is 38.9. The molecule has 1 amide bonds. The van der Waals surface area contributed by atoms with E-state index < -0.39 is 0 Å². The molecular weight excluding hydrogens is 166 g/mol. The van der Waals surface area contributed by atoms with Crippen LogP contribution in [0.4, 0.5) is 0 Å². The smallest absolute Gasteiger partial charge is 0.211 e. The van der Waals surface area contributed by atoms with E-state index in [4.69, 9.17) is 10.5 Å². The van der Waals surface area contributed by atoms with E-state index in [0.717, 1.165) is 0 Å². The highest BCUT2D eigenvalue weighted by Crippen LogP contribution is 1.79. The first-order chi connectivity index (χ1) is 6.22. The average Bonchev–Trinajstić information content (AvgIpc) is 2.10. The number of nitrogens with one attached hydrogen (secondary N) is 1. The summed E-state index contributed by atoms with van der Waals surface area (Å²) in [5, 5.41) is 17.6. The topological polar surface area (TPSA) is 76.7 Å². The first kappa shape index (κ1) is 17.3. The van der Waals surface area contributed by atoms with Gasteiger partial charge in [0.25, 0.3) is 0 Å². The molecule has 0 unspecified atom stereocenters. The summed E-state index contributed by atoms with van der Waals surface area (Å²) in [5.74, 6) is 0. The zero-order chi connectivity index (χ0) is 11.1. The first-order valence-electron chi connectivity index (χ1n) is 3.80. The number of carbonyl (C=O) groups is 1. The highest BCUT2D eigenvalue weighted by Gasteiger charge is 1.78. The van der Waals surface area contributed by atoms with Gasteiger partial charge in [-0.3, -0.25) is 4.79 Å². The summed E-state index contributed by atoms with van der Waals surface area (Å²) >= 11 is 0. The molecule has 0 radical (unpaired) electrons. The minimum atomic E-state index is 0.531. The lowest BCUT2D eigenvalue weighted by atomic mass is 10.5. The minimum absolute atomic E-state index is 0.531. The van der Waals surface area contributed by atoms with E-state index in [1.165, 1.54) is 13.0 Å². The number of hydrogen-bond donors (Lipinski definition) is 1. The predicted octanol–water partition coefficient (Wildman–Crippen LogP) is 1.72. The molecule has 0 aromatic heterocycles. The van der Waals surface area contributed by atoms with Crippen LogP contribution >= 0.6 is 0 Å². The van der Waals surface area contributed by atoms with Gasteiger partial charge in [0.2, 0.25) is 6.41 Å². The molecule has 4 heteroatoms. The molecule has 0 heterocycles. The van der Waals surface area contributed by atoms with Gasteiger partial charge in [-0.25, -0.2) is 0 Å². The molecule has 0 aliphatic rings. The summed E-state index contributed by atoms with van der Waals surface area (Å²) < 4.78 is 0. The standard InChI is InChI=1S/C5H6N2O.C2H3N.C2H6/c1-5(2-3-6)7-4-8;1-2-3;1-2/h2,4H,1H3,(H,7,8);1H3;1-2H3/b5-2+;;. The number of nitrogens with zero attached hydrogens (tertiary/aromatic N) is 2. The van der Waals surface area contributed by atoms with Crippen LogP contribution < -0.4 is 5.32 Å². The fraction of sp³-hybridized carbons (Fsp3) is 0.444. The normalized spacial score (nSPS) is 7.08. The number of nitriles is 2. The Labute approximate surface area is 79.5 Å². The summed E-state index contributed by atoms with van der Waals surface area (Å²) in [7, 11) is 0. The van der Waals surface area contributed by atoms with Crippen LogP contribution in [0.1, 0.15) is 27.7 Å². The van der Waals surface area contributed by atoms with Crippen LogP contribution in [0.2, 0.25) is 0 Å². The quantitative estimate of drug-likeness (QED) is 0.520. The van der Waals surface area contributed by atoms with Crippen LogP contribution in [-0.4, -0.2) is 6.41 Å². The second-order valence-electron chi connectivity index (χ2n) is 1.44. The van der Waals surface area contributed by atoms with Crippen LogP contribution in [0.3, 0.4) is 0 Å². The molecule has 72 valence electrons. The molecule has 0 fully saturated rings. The van der Waals surface area contributed by atoms with Crippen molar-refractivity contribution in [3.63, 3.8) is 0 Å². The summed E-state index contributed by atoms with van der Waals surface area (Å²) in [4.78, 5) is 9.63. The van der Waals surface area contributed by atoms with Gasteiger partial charge in [-0.1, -0.05) is 13.8 Å². The van der Waals surface area contributed by atoms with Gasteiger partial charge in [0.15, 0.2) is 0 Å². The molecule has 4 nitrogen and oxygen atoms in total. The van der Waals surface area contributed by atoms with Crippen molar-refractivity contribution in [1.82, 2.24) is 5.32 Å². The second-order valence-corrected chi connectivity index (χ2v) is 1.44. The summed E-state index contributed by atoms with van der Waals surface area (Å²) in [6.07, 6.45) is 1.79. The summed E-state index contributed by atoms with van der Waals surface area (Å²) in [6.45, 7) is 7.07. The zero-order valence-electron chi connectivity index (χ0n) is 8.46. The molecular formula is C9H15N3O. The summed E-state index contributed by atoms with van der Waals surface area (Å²) in [5.41, 5.74) is 0.558. The van der Waals surface area contributed by atoms with Crippen molar-refractivity contribution in [1.29, 1.82) is 10.5 Å². The molecule has 0 atom stereocenters. The van der Waals surface area contributed by atoms with Crippen molar-refractivity contribution in [2.24, 2.45) is 0 Å². The Morgan fingerprint density at radius 1 is 1.38 bits per heavy atom. The van der Waals surface area contributed by atoms with Crippen molar-refractivity contribution in [2.45, 2.75) is 27.7 Å². The maximum atomic E-state index is 9.63. The SMILES string of the molecule is C/C(=C\C#N)NC=O.CC.CC#N. The molecule has 0 aliphatic heterocycles. The highest BCUT2D eigenvalue weighted by atomic mass is 16.1. The van der Waals surface area contributed by atoms with Gasteiger partial charge < -0.3 is 5.32 Å². The Bertz CT molecular complexity index is 208. The van der Waals surface area contributed by atoms with E-state index in [0.29, 0.717) is 12.1 Å². The van der Waals surface area contributed by atoms with Gasteiger partial charge in [0, 0.05) is 18.7 Å². The number of rotatable bonds is 2. The number of allylic oxidation sites excluding steroid dienone is 2. The largest absolute Gasteiger partial charge is 0.332 e. The number of carbonyl (C=O) groups excluding carboxylic acids is 1. The molecule has 0 aromatic carbocycles. The third-order valence-electron chi connectivity index (χ3n) is 0.568. The molecule has 0 rings (SSSR count). The third-order valence-corrected chi connectivity index (χ3v) is 0.568. The Hall–Kier alpha value is -1.81. The first-order valence-corrected chi connectivity index (χ1v) is 3.80. The van der Waals surface area contributed by atoms with Gasteiger partial charge >= 0.3 is 0 Å². The van der Waals surface area contributed by atoms with E-state index in [9.17, 15) is 4.79 Å². The molecule has 0 spiro atoms. The van der Waals surface area contributed by atoms with Crippen molar-refractivity contribution in [2.75, 3.05) is 0 Å². The van der Waals surface area contributed by atoms with E-state index in [1.807, 2.05) is 13.8 Å². The molecule has 0 saturated heterocycles. The Morgan fingerprint density at radius 2 is 1.77 bits per heavy atom.